The number of nitrogens with one attached hydrogen (secondary N) is 1. The van der Waals surface area contributed by atoms with E-state index in [4.69, 9.17) is 0 Å². The van der Waals surface area contributed by atoms with Crippen LogP contribution in [0, 0.1) is 5.92 Å². The second kappa shape index (κ2) is 7.53. The standard InChI is InChI=1S/C15H28N2OS/c1-12(2)9-14-5-3-4-7-17(14)15(18)10-13-11-19-8-6-16-13/h12-14,16H,3-11H2,1-2H3. The Morgan fingerprint density at radius 3 is 2.95 bits per heavy atom. The highest BCUT2D eigenvalue weighted by Crippen LogP contribution is 2.24. The molecule has 110 valence electrons. The number of carbonyl (C=O) groups is 1. The quantitative estimate of drug-likeness (QED) is 0.861. The molecular weight excluding hydrogens is 256 g/mol. The molecule has 2 aliphatic rings. The first kappa shape index (κ1) is 15.2. The molecule has 0 bridgehead atoms. The van der Waals surface area contributed by atoms with E-state index in [-0.39, 0.29) is 0 Å². The number of nitrogens with zero attached hydrogens (tertiary/aromatic N) is 1. The van der Waals surface area contributed by atoms with Gasteiger partial charge in [0.05, 0.1) is 0 Å². The summed E-state index contributed by atoms with van der Waals surface area (Å²) in [7, 11) is 0. The Hall–Kier alpha value is -0.220. The van der Waals surface area contributed by atoms with Crippen molar-refractivity contribution in [2.75, 3.05) is 24.6 Å². The van der Waals surface area contributed by atoms with Gasteiger partial charge in [-0.2, -0.15) is 11.8 Å². The highest BCUT2D eigenvalue weighted by Gasteiger charge is 2.28. The largest absolute Gasteiger partial charge is 0.340 e. The molecule has 2 unspecified atom stereocenters. The molecule has 2 fully saturated rings. The number of carbonyl (C=O) groups excluding carboxylic acids is 1. The van der Waals surface area contributed by atoms with E-state index in [1.807, 2.05) is 11.8 Å². The molecule has 2 aliphatic heterocycles. The fourth-order valence-electron chi connectivity index (χ4n) is 3.20. The fourth-order valence-corrected chi connectivity index (χ4v) is 4.15. The van der Waals surface area contributed by atoms with Gasteiger partial charge in [-0.05, 0) is 31.6 Å². The van der Waals surface area contributed by atoms with Gasteiger partial charge in [0.2, 0.25) is 5.91 Å². The zero-order valence-corrected chi connectivity index (χ0v) is 13.2. The monoisotopic (exact) mass is 284 g/mol. The van der Waals surface area contributed by atoms with Crippen LogP contribution in [0.5, 0.6) is 0 Å². The summed E-state index contributed by atoms with van der Waals surface area (Å²) in [5.41, 5.74) is 0. The van der Waals surface area contributed by atoms with Gasteiger partial charge in [0.1, 0.15) is 0 Å². The number of hydrogen-bond donors (Lipinski definition) is 1. The summed E-state index contributed by atoms with van der Waals surface area (Å²) in [4.78, 5) is 14.7. The molecule has 3 nitrogen and oxygen atoms in total. The van der Waals surface area contributed by atoms with Crippen molar-refractivity contribution in [1.29, 1.82) is 0 Å². The van der Waals surface area contributed by atoms with Crippen LogP contribution in [0.3, 0.4) is 0 Å². The lowest BCUT2D eigenvalue weighted by Crippen LogP contribution is -2.48. The van der Waals surface area contributed by atoms with Crippen LogP contribution in [-0.2, 0) is 4.79 Å². The van der Waals surface area contributed by atoms with E-state index in [1.54, 1.807) is 0 Å². The highest BCUT2D eigenvalue weighted by molar-refractivity contribution is 7.99. The number of amides is 1. The Bertz CT molecular complexity index is 290. The van der Waals surface area contributed by atoms with E-state index in [9.17, 15) is 4.79 Å². The first-order chi connectivity index (χ1) is 9.16. The van der Waals surface area contributed by atoms with Crippen LogP contribution in [-0.4, -0.2) is 47.5 Å². The number of rotatable bonds is 4. The van der Waals surface area contributed by atoms with E-state index in [2.05, 4.69) is 24.1 Å². The topological polar surface area (TPSA) is 32.3 Å². The number of hydrogen-bond acceptors (Lipinski definition) is 3. The minimum absolute atomic E-state index is 0.380. The minimum Gasteiger partial charge on any atom is -0.340 e. The van der Waals surface area contributed by atoms with Gasteiger partial charge in [-0.1, -0.05) is 13.8 Å². The molecule has 0 aromatic carbocycles. The van der Waals surface area contributed by atoms with Crippen LogP contribution in [0.15, 0.2) is 0 Å². The van der Waals surface area contributed by atoms with Gasteiger partial charge >= 0.3 is 0 Å². The number of likely N-dealkylation sites (tertiary alicyclic amines) is 1. The third kappa shape index (κ3) is 4.67. The summed E-state index contributed by atoms with van der Waals surface area (Å²) < 4.78 is 0. The average molecular weight is 284 g/mol. The Kier molecular flexibility index (Phi) is 6.02. The van der Waals surface area contributed by atoms with Crippen molar-refractivity contribution >= 4 is 17.7 Å². The SMILES string of the molecule is CC(C)CC1CCCCN1C(=O)CC1CSCCN1. The summed E-state index contributed by atoms with van der Waals surface area (Å²) in [6.45, 7) is 6.56. The van der Waals surface area contributed by atoms with Crippen molar-refractivity contribution in [3.05, 3.63) is 0 Å². The van der Waals surface area contributed by atoms with Gasteiger partial charge in [0, 0.05) is 43.1 Å². The molecule has 0 radical (unpaired) electrons. The molecule has 19 heavy (non-hydrogen) atoms. The molecule has 2 atom stereocenters. The van der Waals surface area contributed by atoms with Crippen molar-refractivity contribution in [2.45, 2.75) is 58.0 Å². The van der Waals surface area contributed by atoms with Crippen LogP contribution in [0.4, 0.5) is 0 Å². The molecule has 0 aromatic rings. The third-order valence-corrected chi connectivity index (χ3v) is 5.24. The number of thioether (sulfide) groups is 1. The van der Waals surface area contributed by atoms with Crippen molar-refractivity contribution in [1.82, 2.24) is 10.2 Å². The molecule has 0 aliphatic carbocycles. The maximum atomic E-state index is 12.5. The van der Waals surface area contributed by atoms with Crippen molar-refractivity contribution in [2.24, 2.45) is 5.92 Å². The lowest BCUT2D eigenvalue weighted by atomic mass is 9.93. The first-order valence-electron chi connectivity index (χ1n) is 7.77. The lowest BCUT2D eigenvalue weighted by Gasteiger charge is -2.38. The molecular formula is C15H28N2OS. The minimum atomic E-state index is 0.380. The maximum absolute atomic E-state index is 12.5. The van der Waals surface area contributed by atoms with E-state index >= 15 is 0 Å². The van der Waals surface area contributed by atoms with E-state index in [0.29, 0.717) is 30.3 Å². The number of piperidine rings is 1. The molecule has 0 spiro atoms. The molecule has 2 heterocycles. The van der Waals surface area contributed by atoms with E-state index < -0.39 is 0 Å². The predicted molar refractivity (Wildman–Crippen MR) is 82.5 cm³/mol. The summed E-state index contributed by atoms with van der Waals surface area (Å²) in [5, 5.41) is 3.48. The van der Waals surface area contributed by atoms with Gasteiger partial charge in [0.25, 0.3) is 0 Å². The Balaban J connectivity index is 1.87. The van der Waals surface area contributed by atoms with Crippen molar-refractivity contribution in [3.63, 3.8) is 0 Å². The summed E-state index contributed by atoms with van der Waals surface area (Å²) in [6.07, 6.45) is 5.54. The summed E-state index contributed by atoms with van der Waals surface area (Å²) >= 11 is 1.97. The van der Waals surface area contributed by atoms with Crippen LogP contribution < -0.4 is 5.32 Å². The van der Waals surface area contributed by atoms with Crippen LogP contribution in [0.2, 0.25) is 0 Å². The average Bonchev–Trinajstić information content (AvgIpc) is 2.39. The molecule has 0 saturated carbocycles. The molecule has 2 saturated heterocycles. The predicted octanol–water partition coefficient (Wildman–Crippen LogP) is 2.51. The van der Waals surface area contributed by atoms with E-state index in [0.717, 1.165) is 18.8 Å². The van der Waals surface area contributed by atoms with Gasteiger partial charge in [0.15, 0.2) is 0 Å². The lowest BCUT2D eigenvalue weighted by molar-refractivity contribution is -0.135. The van der Waals surface area contributed by atoms with Crippen LogP contribution in [0.1, 0.15) is 46.0 Å². The Labute approximate surface area is 121 Å². The second-order valence-electron chi connectivity index (χ2n) is 6.30. The molecule has 0 aromatic heterocycles. The molecule has 4 heteroatoms. The zero-order chi connectivity index (χ0) is 13.7. The molecule has 1 N–H and O–H groups in total. The summed E-state index contributed by atoms with van der Waals surface area (Å²) in [6, 6.07) is 0.894. The van der Waals surface area contributed by atoms with Gasteiger partial charge < -0.3 is 10.2 Å². The zero-order valence-electron chi connectivity index (χ0n) is 12.4. The van der Waals surface area contributed by atoms with Crippen LogP contribution >= 0.6 is 11.8 Å². The smallest absolute Gasteiger partial charge is 0.224 e. The van der Waals surface area contributed by atoms with E-state index in [1.165, 1.54) is 31.4 Å². The van der Waals surface area contributed by atoms with Gasteiger partial charge in [-0.15, -0.1) is 0 Å². The van der Waals surface area contributed by atoms with Crippen molar-refractivity contribution < 1.29 is 4.79 Å². The molecule has 2 rings (SSSR count). The maximum Gasteiger partial charge on any atom is 0.224 e. The highest BCUT2D eigenvalue weighted by atomic mass is 32.2. The summed E-state index contributed by atoms with van der Waals surface area (Å²) in [5.74, 6) is 3.34. The van der Waals surface area contributed by atoms with Gasteiger partial charge in [-0.25, -0.2) is 0 Å². The Morgan fingerprint density at radius 2 is 2.26 bits per heavy atom. The van der Waals surface area contributed by atoms with Gasteiger partial charge in [-0.3, -0.25) is 4.79 Å². The third-order valence-electron chi connectivity index (χ3n) is 4.11. The van der Waals surface area contributed by atoms with Crippen molar-refractivity contribution in [3.8, 4) is 0 Å². The van der Waals surface area contributed by atoms with Crippen LogP contribution in [0.25, 0.3) is 0 Å². The molecule has 1 amide bonds. The normalized spacial score (nSPS) is 28.7. The fraction of sp³-hybridized carbons (Fsp3) is 0.933. The Morgan fingerprint density at radius 1 is 1.42 bits per heavy atom. The first-order valence-corrected chi connectivity index (χ1v) is 8.93. The second-order valence-corrected chi connectivity index (χ2v) is 7.45.